The molecule has 8 heteroatoms. The highest BCUT2D eigenvalue weighted by atomic mass is 35.5. The van der Waals surface area contributed by atoms with Crippen LogP contribution in [0.2, 0.25) is 10.0 Å². The third-order valence-corrected chi connectivity index (χ3v) is 5.29. The molecule has 0 aliphatic heterocycles. The average Bonchev–Trinajstić information content (AvgIpc) is 2.84. The first kappa shape index (κ1) is 17.8. The Morgan fingerprint density at radius 2 is 1.60 bits per heavy atom. The molecule has 0 atom stereocenters. The minimum atomic E-state index is -3.76. The van der Waals surface area contributed by atoms with Gasteiger partial charge in [-0.15, -0.1) is 0 Å². The van der Waals surface area contributed by atoms with Crippen LogP contribution in [0.1, 0.15) is 11.7 Å². The van der Waals surface area contributed by atoms with Crippen molar-refractivity contribution in [1.29, 1.82) is 0 Å². The monoisotopic (exact) mass is 396 g/mol. The van der Waals surface area contributed by atoms with Gasteiger partial charge >= 0.3 is 0 Å². The van der Waals surface area contributed by atoms with Crippen LogP contribution >= 0.6 is 23.2 Å². The second-order valence-electron chi connectivity index (χ2n) is 5.43. The van der Waals surface area contributed by atoms with Crippen LogP contribution in [0.3, 0.4) is 0 Å². The molecule has 1 heterocycles. The molecular formula is C17H14Cl2N2O3S. The Bertz CT molecular complexity index is 1010. The molecular weight excluding hydrogens is 383 g/mol. The molecule has 0 fully saturated rings. The van der Waals surface area contributed by atoms with Crippen LogP contribution in [0, 0.1) is 13.8 Å². The molecule has 0 radical (unpaired) electrons. The quantitative estimate of drug-likeness (QED) is 0.668. The van der Waals surface area contributed by atoms with E-state index in [1.165, 1.54) is 30.3 Å². The van der Waals surface area contributed by atoms with Gasteiger partial charge in [0.05, 0.1) is 10.6 Å². The van der Waals surface area contributed by atoms with Gasteiger partial charge in [-0.25, -0.2) is 13.4 Å². The molecule has 0 aliphatic rings. The molecule has 2 aromatic carbocycles. The summed E-state index contributed by atoms with van der Waals surface area (Å²) in [6, 6.07) is 10.9. The topological polar surface area (TPSA) is 72.2 Å². The van der Waals surface area contributed by atoms with Gasteiger partial charge in [0.1, 0.15) is 11.5 Å². The Balaban J connectivity index is 1.89. The van der Waals surface area contributed by atoms with Gasteiger partial charge in [0.25, 0.3) is 10.0 Å². The highest BCUT2D eigenvalue weighted by Gasteiger charge is 2.16. The number of halogens is 2. The predicted molar refractivity (Wildman–Crippen MR) is 98.7 cm³/mol. The van der Waals surface area contributed by atoms with Gasteiger partial charge in [0.2, 0.25) is 0 Å². The van der Waals surface area contributed by atoms with Crippen LogP contribution < -0.4 is 4.72 Å². The van der Waals surface area contributed by atoms with Crippen molar-refractivity contribution >= 4 is 38.9 Å². The Kier molecular flexibility index (Phi) is 4.77. The first-order valence-electron chi connectivity index (χ1n) is 7.28. The van der Waals surface area contributed by atoms with Crippen molar-refractivity contribution in [2.75, 3.05) is 4.72 Å². The number of aryl methyl sites for hydroxylation is 2. The van der Waals surface area contributed by atoms with Crippen molar-refractivity contribution in [3.8, 4) is 11.3 Å². The zero-order valence-electron chi connectivity index (χ0n) is 13.4. The van der Waals surface area contributed by atoms with E-state index in [0.717, 1.165) is 5.56 Å². The van der Waals surface area contributed by atoms with E-state index in [9.17, 15) is 8.42 Å². The van der Waals surface area contributed by atoms with Gasteiger partial charge in [-0.1, -0.05) is 35.3 Å². The summed E-state index contributed by atoms with van der Waals surface area (Å²) in [6.45, 7) is 3.57. The van der Waals surface area contributed by atoms with E-state index in [2.05, 4.69) is 9.71 Å². The van der Waals surface area contributed by atoms with Gasteiger partial charge in [-0.2, -0.15) is 0 Å². The molecule has 5 nitrogen and oxygen atoms in total. The van der Waals surface area contributed by atoms with Crippen LogP contribution in [-0.2, 0) is 10.0 Å². The van der Waals surface area contributed by atoms with Gasteiger partial charge < -0.3 is 4.42 Å². The summed E-state index contributed by atoms with van der Waals surface area (Å²) in [5.74, 6) is 1.24. The lowest BCUT2D eigenvalue weighted by atomic mass is 10.1. The van der Waals surface area contributed by atoms with Crippen molar-refractivity contribution in [3.05, 3.63) is 64.2 Å². The third kappa shape index (κ3) is 3.98. The number of hydrogen-bond donors (Lipinski definition) is 1. The Morgan fingerprint density at radius 1 is 1.00 bits per heavy atom. The number of rotatable bonds is 4. The molecule has 1 N–H and O–H groups in total. The fourth-order valence-corrected chi connectivity index (χ4v) is 3.98. The minimum absolute atomic E-state index is 0.116. The predicted octanol–water partition coefficient (Wildman–Crippen LogP) is 5.07. The summed E-state index contributed by atoms with van der Waals surface area (Å²) < 4.78 is 32.9. The molecule has 0 saturated heterocycles. The molecule has 0 unspecified atom stereocenters. The Morgan fingerprint density at radius 3 is 2.12 bits per heavy atom. The van der Waals surface area contributed by atoms with Crippen molar-refractivity contribution in [2.24, 2.45) is 0 Å². The standard InChI is InChI=1S/C17H14Cl2N2O3S/c1-10-17(20-11(2)24-10)12-3-5-16(6-4-12)25(22,23)21-15-8-13(18)7-14(19)9-15/h3-9,21H,1-2H3. The van der Waals surface area contributed by atoms with Crippen molar-refractivity contribution in [3.63, 3.8) is 0 Å². The number of sulfonamides is 1. The molecule has 3 rings (SSSR count). The molecule has 0 bridgehead atoms. The molecule has 0 saturated carbocycles. The number of hydrogen-bond acceptors (Lipinski definition) is 4. The lowest BCUT2D eigenvalue weighted by Gasteiger charge is -2.09. The second-order valence-corrected chi connectivity index (χ2v) is 7.98. The second kappa shape index (κ2) is 6.71. The summed E-state index contributed by atoms with van der Waals surface area (Å²) >= 11 is 11.8. The van der Waals surface area contributed by atoms with Gasteiger partial charge in [0.15, 0.2) is 5.89 Å². The number of nitrogens with zero attached hydrogens (tertiary/aromatic N) is 1. The smallest absolute Gasteiger partial charge is 0.261 e. The van der Waals surface area contributed by atoms with Gasteiger partial charge in [-0.3, -0.25) is 4.72 Å². The summed E-state index contributed by atoms with van der Waals surface area (Å²) in [5, 5.41) is 0.690. The fourth-order valence-electron chi connectivity index (χ4n) is 2.42. The van der Waals surface area contributed by atoms with E-state index in [1.54, 1.807) is 19.1 Å². The highest BCUT2D eigenvalue weighted by Crippen LogP contribution is 2.27. The van der Waals surface area contributed by atoms with Crippen molar-refractivity contribution in [2.45, 2.75) is 18.7 Å². The summed E-state index contributed by atoms with van der Waals surface area (Å²) in [4.78, 5) is 4.41. The normalized spacial score (nSPS) is 11.5. The van der Waals surface area contributed by atoms with E-state index in [-0.39, 0.29) is 4.90 Å². The summed E-state index contributed by atoms with van der Waals surface area (Å²) in [5.41, 5.74) is 1.76. The molecule has 0 aliphatic carbocycles. The average molecular weight is 397 g/mol. The van der Waals surface area contributed by atoms with E-state index in [4.69, 9.17) is 27.6 Å². The maximum Gasteiger partial charge on any atom is 0.261 e. The largest absolute Gasteiger partial charge is 0.446 e. The molecule has 1 aromatic heterocycles. The van der Waals surface area contributed by atoms with Crippen LogP contribution in [-0.4, -0.2) is 13.4 Å². The molecule has 3 aromatic rings. The lowest BCUT2D eigenvalue weighted by molar-refractivity contribution is 0.495. The first-order chi connectivity index (χ1) is 11.7. The summed E-state index contributed by atoms with van der Waals surface area (Å²) in [7, 11) is -3.76. The number of oxazole rings is 1. The SMILES string of the molecule is Cc1nc(-c2ccc(S(=O)(=O)Nc3cc(Cl)cc(Cl)c3)cc2)c(C)o1. The van der Waals surface area contributed by atoms with Crippen LogP contribution in [0.4, 0.5) is 5.69 Å². The fraction of sp³-hybridized carbons (Fsp3) is 0.118. The minimum Gasteiger partial charge on any atom is -0.446 e. The molecule has 25 heavy (non-hydrogen) atoms. The first-order valence-corrected chi connectivity index (χ1v) is 9.52. The number of benzene rings is 2. The maximum atomic E-state index is 12.5. The Hall–Kier alpha value is -2.02. The third-order valence-electron chi connectivity index (χ3n) is 3.46. The molecule has 0 amide bonds. The number of aromatic nitrogens is 1. The van der Waals surface area contributed by atoms with E-state index in [0.29, 0.717) is 33.1 Å². The van der Waals surface area contributed by atoms with Crippen LogP contribution in [0.25, 0.3) is 11.3 Å². The van der Waals surface area contributed by atoms with Gasteiger partial charge in [0, 0.05) is 22.5 Å². The number of anilines is 1. The Labute approximate surface area is 155 Å². The maximum absolute atomic E-state index is 12.5. The highest BCUT2D eigenvalue weighted by molar-refractivity contribution is 7.92. The zero-order valence-corrected chi connectivity index (χ0v) is 15.7. The summed E-state index contributed by atoms with van der Waals surface area (Å²) in [6.07, 6.45) is 0. The van der Waals surface area contributed by atoms with E-state index >= 15 is 0 Å². The molecule has 130 valence electrons. The van der Waals surface area contributed by atoms with E-state index < -0.39 is 10.0 Å². The van der Waals surface area contributed by atoms with Crippen LogP contribution in [0.15, 0.2) is 51.8 Å². The lowest BCUT2D eigenvalue weighted by Crippen LogP contribution is -2.12. The van der Waals surface area contributed by atoms with Gasteiger partial charge in [-0.05, 0) is 37.3 Å². The molecule has 0 spiro atoms. The van der Waals surface area contributed by atoms with E-state index in [1.807, 2.05) is 6.92 Å². The van der Waals surface area contributed by atoms with Crippen LogP contribution in [0.5, 0.6) is 0 Å². The van der Waals surface area contributed by atoms with Crippen molar-refractivity contribution < 1.29 is 12.8 Å². The zero-order chi connectivity index (χ0) is 18.2. The van der Waals surface area contributed by atoms with Crippen molar-refractivity contribution in [1.82, 2.24) is 4.98 Å². The number of nitrogens with one attached hydrogen (secondary N) is 1.